The third kappa shape index (κ3) is 3.73. The van der Waals surface area contributed by atoms with E-state index in [0.717, 1.165) is 21.6 Å². The molecule has 3 aromatic heterocycles. The number of amides is 1. The smallest absolute Gasteiger partial charge is 0.252 e. The number of nitrogens with zero attached hydrogens (tertiary/aromatic N) is 3. The highest BCUT2D eigenvalue weighted by Gasteiger charge is 2.09. The number of hydrogen-bond acceptors (Lipinski definition) is 4. The molecule has 0 bridgehead atoms. The minimum atomic E-state index is -0.150. The topological polar surface area (TPSA) is 68.5 Å². The van der Waals surface area contributed by atoms with Crippen LogP contribution in [0.1, 0.15) is 23.0 Å². The van der Waals surface area contributed by atoms with E-state index >= 15 is 0 Å². The fraction of sp³-hybridized carbons (Fsp3) is 0.235. The molecule has 0 saturated carbocycles. The van der Waals surface area contributed by atoms with Crippen molar-refractivity contribution < 1.29 is 9.53 Å². The van der Waals surface area contributed by atoms with Gasteiger partial charge in [0.25, 0.3) is 5.91 Å². The maximum Gasteiger partial charge on any atom is 0.252 e. The van der Waals surface area contributed by atoms with Crippen LogP contribution in [0, 0.1) is 0 Å². The molecule has 7 heteroatoms. The lowest BCUT2D eigenvalue weighted by atomic mass is 10.2. The summed E-state index contributed by atoms with van der Waals surface area (Å²) < 4.78 is 8.29. The van der Waals surface area contributed by atoms with E-state index in [0.29, 0.717) is 25.1 Å². The van der Waals surface area contributed by atoms with Crippen LogP contribution in [0.15, 0.2) is 47.5 Å². The number of nitrogens with one attached hydrogen (secondary N) is 1. The average Bonchev–Trinajstić information content (AvgIpc) is 2.99. The van der Waals surface area contributed by atoms with Crippen LogP contribution in [0.5, 0.6) is 5.75 Å². The van der Waals surface area contributed by atoms with Gasteiger partial charge in [-0.05, 0) is 41.1 Å². The normalized spacial score (nSPS) is 10.8. The number of pyridine rings is 2. The summed E-state index contributed by atoms with van der Waals surface area (Å²) in [7, 11) is 0. The monoisotopic (exact) mass is 388 g/mol. The van der Waals surface area contributed by atoms with Crippen LogP contribution in [-0.4, -0.2) is 33.4 Å². The van der Waals surface area contributed by atoms with Crippen LogP contribution in [0.25, 0.3) is 5.65 Å². The van der Waals surface area contributed by atoms with Crippen molar-refractivity contribution in [2.45, 2.75) is 13.3 Å². The van der Waals surface area contributed by atoms with Gasteiger partial charge in [0.05, 0.1) is 17.9 Å². The second-order valence-electron chi connectivity index (χ2n) is 5.17. The quantitative estimate of drug-likeness (QED) is 0.704. The minimum Gasteiger partial charge on any atom is -0.490 e. The van der Waals surface area contributed by atoms with Gasteiger partial charge >= 0.3 is 0 Å². The Balaban J connectivity index is 1.63. The predicted molar refractivity (Wildman–Crippen MR) is 94.3 cm³/mol. The summed E-state index contributed by atoms with van der Waals surface area (Å²) in [5.41, 5.74) is 2.21. The van der Waals surface area contributed by atoms with Crippen molar-refractivity contribution in [1.82, 2.24) is 19.7 Å². The summed E-state index contributed by atoms with van der Waals surface area (Å²) in [4.78, 5) is 20.7. The summed E-state index contributed by atoms with van der Waals surface area (Å²) in [5, 5.41) is 2.88. The number of fused-ring (bicyclic) bond motifs is 1. The minimum absolute atomic E-state index is 0.150. The largest absolute Gasteiger partial charge is 0.490 e. The lowest BCUT2D eigenvalue weighted by Gasteiger charge is -2.04. The van der Waals surface area contributed by atoms with Crippen LogP contribution in [0.3, 0.4) is 0 Å². The molecule has 0 fully saturated rings. The number of carbonyl (C=O) groups excluding carboxylic acids is 1. The number of imidazole rings is 1. The number of ether oxygens (including phenoxy) is 1. The number of rotatable bonds is 6. The van der Waals surface area contributed by atoms with E-state index in [-0.39, 0.29) is 5.91 Å². The van der Waals surface area contributed by atoms with Crippen LogP contribution < -0.4 is 10.1 Å². The number of hydrogen-bond donors (Lipinski definition) is 1. The Bertz CT molecular complexity index is 863. The molecule has 0 spiro atoms. The van der Waals surface area contributed by atoms with E-state index in [1.807, 2.05) is 35.9 Å². The van der Waals surface area contributed by atoms with Gasteiger partial charge in [-0.2, -0.15) is 0 Å². The van der Waals surface area contributed by atoms with Gasteiger partial charge in [-0.25, -0.2) is 4.98 Å². The average molecular weight is 389 g/mol. The first-order chi connectivity index (χ1) is 11.7. The molecule has 0 aliphatic rings. The number of aromatic nitrogens is 3. The molecule has 6 nitrogen and oxygen atoms in total. The van der Waals surface area contributed by atoms with Crippen molar-refractivity contribution in [2.24, 2.45) is 0 Å². The van der Waals surface area contributed by atoms with Gasteiger partial charge in [-0.15, -0.1) is 0 Å². The van der Waals surface area contributed by atoms with Gasteiger partial charge in [-0.1, -0.05) is 0 Å². The van der Waals surface area contributed by atoms with E-state index in [1.54, 1.807) is 18.5 Å². The Morgan fingerprint density at radius 2 is 2.29 bits per heavy atom. The zero-order chi connectivity index (χ0) is 16.9. The Kier molecular flexibility index (Phi) is 5.10. The molecule has 3 aromatic rings. The number of halogens is 1. The maximum atomic E-state index is 12.1. The zero-order valence-corrected chi connectivity index (χ0v) is 14.8. The second kappa shape index (κ2) is 7.44. The summed E-state index contributed by atoms with van der Waals surface area (Å²) in [6.07, 6.45) is 7.70. The van der Waals surface area contributed by atoms with Crippen molar-refractivity contribution >= 4 is 27.5 Å². The molecule has 124 valence electrons. The second-order valence-corrected chi connectivity index (χ2v) is 6.08. The summed E-state index contributed by atoms with van der Waals surface area (Å²) in [6, 6.07) is 5.56. The third-order valence-corrected chi connectivity index (χ3v) is 3.86. The molecule has 1 N–H and O–H groups in total. The summed E-state index contributed by atoms with van der Waals surface area (Å²) in [6.45, 7) is 3.04. The Hall–Kier alpha value is -2.41. The SMILES string of the molecule is CCOc1cccn2cc(CCNC(=O)c3cncc(Br)c3)nc12. The highest BCUT2D eigenvalue weighted by molar-refractivity contribution is 9.10. The van der Waals surface area contributed by atoms with Crippen LogP contribution in [0.4, 0.5) is 0 Å². The molecule has 24 heavy (non-hydrogen) atoms. The summed E-state index contributed by atoms with van der Waals surface area (Å²) >= 11 is 3.31. The van der Waals surface area contributed by atoms with Crippen molar-refractivity contribution in [1.29, 1.82) is 0 Å². The first kappa shape index (κ1) is 16.4. The van der Waals surface area contributed by atoms with E-state index in [9.17, 15) is 4.79 Å². The molecule has 3 heterocycles. The van der Waals surface area contributed by atoms with Gasteiger partial charge in [0, 0.05) is 42.2 Å². The number of carbonyl (C=O) groups is 1. The molecule has 0 unspecified atom stereocenters. The van der Waals surface area contributed by atoms with E-state index in [1.165, 1.54) is 0 Å². The van der Waals surface area contributed by atoms with E-state index in [2.05, 4.69) is 31.2 Å². The van der Waals surface area contributed by atoms with Gasteiger partial charge in [0.1, 0.15) is 0 Å². The fourth-order valence-corrected chi connectivity index (χ4v) is 2.73. The van der Waals surface area contributed by atoms with E-state index in [4.69, 9.17) is 4.74 Å². The molecule has 0 aromatic carbocycles. The highest BCUT2D eigenvalue weighted by Crippen LogP contribution is 2.19. The van der Waals surface area contributed by atoms with E-state index < -0.39 is 0 Å². The zero-order valence-electron chi connectivity index (χ0n) is 13.2. The molecule has 0 saturated heterocycles. The Labute approximate surface area is 148 Å². The Morgan fingerprint density at radius 1 is 1.42 bits per heavy atom. The fourth-order valence-electron chi connectivity index (χ4n) is 2.37. The lowest BCUT2D eigenvalue weighted by molar-refractivity contribution is 0.0953. The standard InChI is InChI=1S/C17H17BrN4O2/c1-2-24-15-4-3-7-22-11-14(21-16(15)22)5-6-20-17(23)12-8-13(18)10-19-9-12/h3-4,7-11H,2,5-6H2,1H3,(H,20,23). The molecular formula is C17H17BrN4O2. The molecule has 0 atom stereocenters. The molecule has 1 amide bonds. The maximum absolute atomic E-state index is 12.1. The predicted octanol–water partition coefficient (Wildman–Crippen LogP) is 2.86. The molecule has 0 radical (unpaired) electrons. The molecule has 3 rings (SSSR count). The van der Waals surface area contributed by atoms with Crippen molar-refractivity contribution in [3.63, 3.8) is 0 Å². The van der Waals surface area contributed by atoms with Gasteiger partial charge in [0.2, 0.25) is 0 Å². The first-order valence-corrected chi connectivity index (χ1v) is 8.45. The van der Waals surface area contributed by atoms with Gasteiger partial charge in [0.15, 0.2) is 11.4 Å². The third-order valence-electron chi connectivity index (χ3n) is 3.43. The van der Waals surface area contributed by atoms with Gasteiger partial charge < -0.3 is 14.5 Å². The summed E-state index contributed by atoms with van der Waals surface area (Å²) in [5.74, 6) is 0.609. The van der Waals surface area contributed by atoms with Crippen LogP contribution >= 0.6 is 15.9 Å². The van der Waals surface area contributed by atoms with Crippen LogP contribution in [0.2, 0.25) is 0 Å². The Morgan fingerprint density at radius 3 is 3.08 bits per heavy atom. The van der Waals surface area contributed by atoms with Crippen molar-refractivity contribution in [3.05, 3.63) is 58.7 Å². The van der Waals surface area contributed by atoms with Crippen molar-refractivity contribution in [2.75, 3.05) is 13.2 Å². The van der Waals surface area contributed by atoms with Crippen molar-refractivity contribution in [3.8, 4) is 5.75 Å². The molecule has 0 aliphatic carbocycles. The molecular weight excluding hydrogens is 372 g/mol. The first-order valence-electron chi connectivity index (χ1n) is 7.65. The highest BCUT2D eigenvalue weighted by atomic mass is 79.9. The lowest BCUT2D eigenvalue weighted by Crippen LogP contribution is -2.25. The van der Waals surface area contributed by atoms with Gasteiger partial charge in [-0.3, -0.25) is 9.78 Å². The van der Waals surface area contributed by atoms with Crippen LogP contribution in [-0.2, 0) is 6.42 Å². The molecule has 0 aliphatic heterocycles.